The van der Waals surface area contributed by atoms with E-state index >= 15 is 0 Å². The number of aromatic amines is 1. The lowest BCUT2D eigenvalue weighted by molar-refractivity contribution is -0.122. The lowest BCUT2D eigenvalue weighted by Crippen LogP contribution is -2.34. The molecule has 2 N–H and O–H groups in total. The van der Waals surface area contributed by atoms with E-state index in [1.165, 1.54) is 0 Å². The molecule has 0 fully saturated rings. The van der Waals surface area contributed by atoms with Gasteiger partial charge in [0.1, 0.15) is 12.3 Å². The number of carbonyl (C=O) groups is 1. The molecule has 1 aliphatic rings. The molecule has 27 heavy (non-hydrogen) atoms. The van der Waals surface area contributed by atoms with Crippen LogP contribution in [0.3, 0.4) is 0 Å². The van der Waals surface area contributed by atoms with Gasteiger partial charge < -0.3 is 10.1 Å². The third-order valence-corrected chi connectivity index (χ3v) is 4.98. The van der Waals surface area contributed by atoms with Crippen LogP contribution in [-0.2, 0) is 11.3 Å². The number of aromatic nitrogens is 3. The number of para-hydroxylation sites is 1. The minimum absolute atomic E-state index is 0.0636. The van der Waals surface area contributed by atoms with Gasteiger partial charge in [-0.1, -0.05) is 48.0 Å². The Bertz CT molecular complexity index is 1020. The van der Waals surface area contributed by atoms with E-state index in [9.17, 15) is 4.79 Å². The van der Waals surface area contributed by atoms with Crippen LogP contribution in [0.1, 0.15) is 23.6 Å². The zero-order chi connectivity index (χ0) is 18.8. The van der Waals surface area contributed by atoms with Crippen LogP contribution in [0, 0.1) is 11.7 Å². The Morgan fingerprint density at radius 3 is 2.89 bits per heavy atom. The number of hydrogen-bond acceptors (Lipinski definition) is 4. The van der Waals surface area contributed by atoms with Crippen LogP contribution >= 0.6 is 12.2 Å². The Morgan fingerprint density at radius 1 is 1.30 bits per heavy atom. The summed E-state index contributed by atoms with van der Waals surface area (Å²) in [5.41, 5.74) is 3.08. The minimum Gasteiger partial charge on any atom is -0.493 e. The fourth-order valence-electron chi connectivity index (χ4n) is 3.26. The Kier molecular flexibility index (Phi) is 4.77. The zero-order valence-electron chi connectivity index (χ0n) is 14.9. The van der Waals surface area contributed by atoms with E-state index in [0.717, 1.165) is 28.9 Å². The normalized spacial score (nSPS) is 15.7. The molecule has 1 aliphatic heterocycles. The summed E-state index contributed by atoms with van der Waals surface area (Å²) < 4.78 is 7.81. The molecule has 0 aliphatic carbocycles. The predicted octanol–water partition coefficient (Wildman–Crippen LogP) is 3.56. The van der Waals surface area contributed by atoms with Crippen molar-refractivity contribution in [1.82, 2.24) is 20.1 Å². The number of nitrogens with one attached hydrogen (secondary N) is 2. The maximum absolute atomic E-state index is 12.7. The summed E-state index contributed by atoms with van der Waals surface area (Å²) in [5, 5.41) is 10.2. The van der Waals surface area contributed by atoms with Gasteiger partial charge in [-0.05, 0) is 25.2 Å². The van der Waals surface area contributed by atoms with Crippen LogP contribution < -0.4 is 10.1 Å². The maximum atomic E-state index is 12.7. The molecule has 3 aromatic rings. The molecule has 1 unspecified atom stereocenters. The predicted molar refractivity (Wildman–Crippen MR) is 105 cm³/mol. The molecule has 0 saturated heterocycles. The van der Waals surface area contributed by atoms with Gasteiger partial charge in [0, 0.05) is 17.5 Å². The molecule has 0 radical (unpaired) electrons. The SMILES string of the molecule is Cc1ccc(-c2n[nH]c(=S)n2CC(=O)NC2CCOc3ccccc32)cc1. The standard InChI is InChI=1S/C20H20N4O2S/c1-13-6-8-14(9-7-13)19-22-23-20(27)24(19)12-18(25)21-16-10-11-26-17-5-3-2-4-15(16)17/h2-9,16H,10-12H2,1H3,(H,21,25)(H,23,27). The Morgan fingerprint density at radius 2 is 2.07 bits per heavy atom. The Balaban J connectivity index is 1.54. The molecule has 0 spiro atoms. The summed E-state index contributed by atoms with van der Waals surface area (Å²) in [6.07, 6.45) is 0.740. The first-order valence-electron chi connectivity index (χ1n) is 8.85. The molecule has 2 heterocycles. The fourth-order valence-corrected chi connectivity index (χ4v) is 3.46. The van der Waals surface area contributed by atoms with Gasteiger partial charge >= 0.3 is 0 Å². The van der Waals surface area contributed by atoms with Crippen LogP contribution in [0.4, 0.5) is 0 Å². The van der Waals surface area contributed by atoms with Gasteiger partial charge in [0.15, 0.2) is 10.6 Å². The highest BCUT2D eigenvalue weighted by Crippen LogP contribution is 2.31. The summed E-state index contributed by atoms with van der Waals surface area (Å²) in [6, 6.07) is 15.7. The van der Waals surface area contributed by atoms with Crippen LogP contribution in [0.2, 0.25) is 0 Å². The molecule has 6 nitrogen and oxygen atoms in total. The van der Waals surface area contributed by atoms with Gasteiger partial charge in [0.25, 0.3) is 0 Å². The highest BCUT2D eigenvalue weighted by Gasteiger charge is 2.23. The van der Waals surface area contributed by atoms with E-state index in [1.807, 2.05) is 55.5 Å². The first kappa shape index (κ1) is 17.5. The maximum Gasteiger partial charge on any atom is 0.240 e. The number of amides is 1. The smallest absolute Gasteiger partial charge is 0.240 e. The molecule has 1 amide bonds. The molecule has 0 bridgehead atoms. The second-order valence-electron chi connectivity index (χ2n) is 6.60. The van der Waals surface area contributed by atoms with E-state index in [4.69, 9.17) is 17.0 Å². The van der Waals surface area contributed by atoms with E-state index in [-0.39, 0.29) is 18.5 Å². The van der Waals surface area contributed by atoms with Gasteiger partial charge in [-0.15, -0.1) is 0 Å². The average molecular weight is 380 g/mol. The number of hydrogen-bond donors (Lipinski definition) is 2. The number of carbonyl (C=O) groups excluding carboxylic acids is 1. The molecule has 2 aromatic carbocycles. The fraction of sp³-hybridized carbons (Fsp3) is 0.250. The van der Waals surface area contributed by atoms with Crippen molar-refractivity contribution >= 4 is 18.1 Å². The van der Waals surface area contributed by atoms with Crippen LogP contribution in [-0.4, -0.2) is 27.3 Å². The quantitative estimate of drug-likeness (QED) is 0.679. The van der Waals surface area contributed by atoms with E-state index < -0.39 is 0 Å². The van der Waals surface area contributed by atoms with Crippen molar-refractivity contribution in [3.8, 4) is 17.1 Å². The summed E-state index contributed by atoms with van der Waals surface area (Å²) in [4.78, 5) is 12.7. The highest BCUT2D eigenvalue weighted by atomic mass is 32.1. The number of nitrogens with zero attached hydrogens (tertiary/aromatic N) is 2. The molecular weight excluding hydrogens is 360 g/mol. The van der Waals surface area contributed by atoms with Gasteiger partial charge in [-0.2, -0.15) is 5.10 Å². The average Bonchev–Trinajstić information content (AvgIpc) is 3.03. The monoisotopic (exact) mass is 380 g/mol. The number of aryl methyl sites for hydroxylation is 1. The molecule has 7 heteroatoms. The summed E-state index contributed by atoms with van der Waals surface area (Å²) in [5.74, 6) is 1.37. The number of ether oxygens (including phenoxy) is 1. The van der Waals surface area contributed by atoms with E-state index in [1.54, 1.807) is 4.57 Å². The first-order valence-corrected chi connectivity index (χ1v) is 9.26. The van der Waals surface area contributed by atoms with Gasteiger partial charge in [-0.25, -0.2) is 0 Å². The minimum atomic E-state index is -0.109. The van der Waals surface area contributed by atoms with Crippen molar-refractivity contribution < 1.29 is 9.53 Å². The number of rotatable bonds is 4. The second kappa shape index (κ2) is 7.36. The Labute approximate surface area is 162 Å². The number of H-pyrrole nitrogens is 1. The third-order valence-electron chi connectivity index (χ3n) is 4.66. The van der Waals surface area contributed by atoms with Crippen molar-refractivity contribution in [3.63, 3.8) is 0 Å². The highest BCUT2D eigenvalue weighted by molar-refractivity contribution is 7.71. The molecule has 1 atom stereocenters. The van der Waals surface area contributed by atoms with Gasteiger partial charge in [-0.3, -0.25) is 14.5 Å². The van der Waals surface area contributed by atoms with Crippen molar-refractivity contribution in [2.24, 2.45) is 0 Å². The van der Waals surface area contributed by atoms with Crippen molar-refractivity contribution in [2.45, 2.75) is 25.9 Å². The first-order chi connectivity index (χ1) is 13.1. The second-order valence-corrected chi connectivity index (χ2v) is 6.99. The third kappa shape index (κ3) is 3.64. The van der Waals surface area contributed by atoms with Crippen molar-refractivity contribution in [3.05, 3.63) is 64.4 Å². The number of fused-ring (bicyclic) bond motifs is 1. The topological polar surface area (TPSA) is 71.9 Å². The summed E-state index contributed by atoms with van der Waals surface area (Å²) in [7, 11) is 0. The summed E-state index contributed by atoms with van der Waals surface area (Å²) in [6.45, 7) is 2.72. The van der Waals surface area contributed by atoms with Crippen LogP contribution in [0.5, 0.6) is 5.75 Å². The van der Waals surface area contributed by atoms with E-state index in [0.29, 0.717) is 17.2 Å². The van der Waals surface area contributed by atoms with Crippen LogP contribution in [0.15, 0.2) is 48.5 Å². The van der Waals surface area contributed by atoms with Gasteiger partial charge in [0.05, 0.1) is 12.6 Å². The largest absolute Gasteiger partial charge is 0.493 e. The van der Waals surface area contributed by atoms with Crippen molar-refractivity contribution in [1.29, 1.82) is 0 Å². The zero-order valence-corrected chi connectivity index (χ0v) is 15.8. The lowest BCUT2D eigenvalue weighted by atomic mass is 10.0. The Hall–Kier alpha value is -2.93. The van der Waals surface area contributed by atoms with Crippen LogP contribution in [0.25, 0.3) is 11.4 Å². The van der Waals surface area contributed by atoms with E-state index in [2.05, 4.69) is 15.5 Å². The molecule has 4 rings (SSSR count). The molecular formula is C20H20N4O2S. The molecule has 138 valence electrons. The molecule has 1 aromatic heterocycles. The molecule has 0 saturated carbocycles. The van der Waals surface area contributed by atoms with Crippen molar-refractivity contribution in [2.75, 3.05) is 6.61 Å². The number of benzene rings is 2. The van der Waals surface area contributed by atoms with Gasteiger partial charge in [0.2, 0.25) is 5.91 Å². The lowest BCUT2D eigenvalue weighted by Gasteiger charge is -2.26. The summed E-state index contributed by atoms with van der Waals surface area (Å²) >= 11 is 5.33.